The van der Waals surface area contributed by atoms with Crippen molar-refractivity contribution in [2.45, 2.75) is 77.9 Å². The maximum atomic E-state index is 5.87. The van der Waals surface area contributed by atoms with Gasteiger partial charge in [0.15, 0.2) is 0 Å². The first-order valence-corrected chi connectivity index (χ1v) is 7.95. The van der Waals surface area contributed by atoms with Crippen molar-refractivity contribution in [3.05, 3.63) is 0 Å². The average Bonchev–Trinajstić information content (AvgIpc) is 2.38. The second kappa shape index (κ2) is 8.92. The summed E-state index contributed by atoms with van der Waals surface area (Å²) < 4.78 is 5.87. The van der Waals surface area contributed by atoms with Crippen LogP contribution in [0.5, 0.6) is 0 Å². The number of rotatable bonds is 8. The molecular weight excluding hydrogens is 222 g/mol. The lowest BCUT2D eigenvalue weighted by Gasteiger charge is -2.35. The molecule has 1 N–H and O–H groups in total. The molecule has 2 heteroatoms. The molecule has 2 nitrogen and oxygen atoms in total. The van der Waals surface area contributed by atoms with Crippen LogP contribution in [0.1, 0.15) is 65.7 Å². The zero-order valence-corrected chi connectivity index (χ0v) is 12.9. The van der Waals surface area contributed by atoms with Crippen LogP contribution >= 0.6 is 0 Å². The molecule has 1 aliphatic carbocycles. The van der Waals surface area contributed by atoms with Gasteiger partial charge in [0, 0.05) is 13.2 Å². The summed E-state index contributed by atoms with van der Waals surface area (Å²) >= 11 is 0. The normalized spacial score (nSPS) is 21.2. The van der Waals surface area contributed by atoms with E-state index in [-0.39, 0.29) is 0 Å². The van der Waals surface area contributed by atoms with E-state index in [1.807, 2.05) is 7.11 Å². The van der Waals surface area contributed by atoms with Crippen molar-refractivity contribution in [3.8, 4) is 0 Å². The van der Waals surface area contributed by atoms with Crippen molar-refractivity contribution in [1.29, 1.82) is 0 Å². The zero-order valence-electron chi connectivity index (χ0n) is 12.9. The Kier molecular flexibility index (Phi) is 7.92. The molecule has 0 radical (unpaired) electrons. The summed E-state index contributed by atoms with van der Waals surface area (Å²) in [4.78, 5) is 0. The quantitative estimate of drug-likeness (QED) is 0.708. The van der Waals surface area contributed by atoms with Crippen LogP contribution in [0.4, 0.5) is 0 Å². The Morgan fingerprint density at radius 3 is 2.28 bits per heavy atom. The van der Waals surface area contributed by atoms with E-state index in [0.29, 0.717) is 12.1 Å². The first-order valence-electron chi connectivity index (χ1n) is 7.95. The van der Waals surface area contributed by atoms with Crippen LogP contribution in [0.3, 0.4) is 0 Å². The van der Waals surface area contributed by atoms with Crippen LogP contribution < -0.4 is 5.32 Å². The first-order chi connectivity index (χ1) is 8.69. The predicted molar refractivity (Wildman–Crippen MR) is 78.9 cm³/mol. The maximum Gasteiger partial charge on any atom is 0.0752 e. The molecule has 1 saturated carbocycles. The lowest BCUT2D eigenvalue weighted by Crippen LogP contribution is -2.45. The Balaban J connectivity index is 2.54. The van der Waals surface area contributed by atoms with Gasteiger partial charge >= 0.3 is 0 Å². The van der Waals surface area contributed by atoms with Gasteiger partial charge < -0.3 is 10.1 Å². The number of likely N-dealkylation sites (N-methyl/N-ethyl adjacent to an activating group) is 1. The highest BCUT2D eigenvalue weighted by Gasteiger charge is 2.29. The van der Waals surface area contributed by atoms with Gasteiger partial charge in [0.05, 0.1) is 6.10 Å². The molecule has 1 fully saturated rings. The fraction of sp³-hybridized carbons (Fsp3) is 1.00. The molecule has 0 aliphatic heterocycles. The summed E-state index contributed by atoms with van der Waals surface area (Å²) in [5.74, 6) is 1.56. The third-order valence-corrected chi connectivity index (χ3v) is 4.30. The van der Waals surface area contributed by atoms with E-state index in [1.165, 1.54) is 44.9 Å². The molecule has 18 heavy (non-hydrogen) atoms. The van der Waals surface area contributed by atoms with Gasteiger partial charge in [-0.15, -0.1) is 0 Å². The van der Waals surface area contributed by atoms with Crippen molar-refractivity contribution in [1.82, 2.24) is 5.32 Å². The number of ether oxygens (including phenoxy) is 1. The molecule has 0 aromatic carbocycles. The Labute approximate surface area is 114 Å². The maximum absolute atomic E-state index is 5.87. The molecule has 2 atom stereocenters. The van der Waals surface area contributed by atoms with Gasteiger partial charge in [-0.1, -0.05) is 40.0 Å². The first kappa shape index (κ1) is 16.0. The molecular formula is C16H33NO. The van der Waals surface area contributed by atoms with E-state index in [0.717, 1.165) is 18.4 Å². The minimum atomic E-state index is 0.420. The Bertz CT molecular complexity index is 199. The minimum absolute atomic E-state index is 0.420. The monoisotopic (exact) mass is 255 g/mol. The second-order valence-electron chi connectivity index (χ2n) is 6.23. The third kappa shape index (κ3) is 5.27. The number of nitrogens with one attached hydrogen (secondary N) is 1. The smallest absolute Gasteiger partial charge is 0.0752 e. The molecule has 0 aromatic heterocycles. The Morgan fingerprint density at radius 2 is 1.78 bits per heavy atom. The van der Waals surface area contributed by atoms with E-state index in [1.54, 1.807) is 0 Å². The highest BCUT2D eigenvalue weighted by molar-refractivity contribution is 4.84. The molecule has 0 spiro atoms. The van der Waals surface area contributed by atoms with E-state index < -0.39 is 0 Å². The standard InChI is InChI=1S/C16H33NO/c1-5-17-15(12-11-13(2)3)16(18-4)14-9-7-6-8-10-14/h13-17H,5-12H2,1-4H3. The summed E-state index contributed by atoms with van der Waals surface area (Å²) in [6.45, 7) is 7.88. The van der Waals surface area contributed by atoms with Crippen molar-refractivity contribution in [3.63, 3.8) is 0 Å². The predicted octanol–water partition coefficient (Wildman–Crippen LogP) is 4.00. The van der Waals surface area contributed by atoms with Gasteiger partial charge in [-0.25, -0.2) is 0 Å². The SMILES string of the molecule is CCNC(CCC(C)C)C(OC)C1CCCCC1. The van der Waals surface area contributed by atoms with Gasteiger partial charge in [-0.2, -0.15) is 0 Å². The van der Waals surface area contributed by atoms with E-state index in [9.17, 15) is 0 Å². The molecule has 0 heterocycles. The highest BCUT2D eigenvalue weighted by atomic mass is 16.5. The van der Waals surface area contributed by atoms with E-state index >= 15 is 0 Å². The van der Waals surface area contributed by atoms with Crippen LogP contribution in [0, 0.1) is 11.8 Å². The molecule has 0 saturated heterocycles. The molecule has 1 rings (SSSR count). The lowest BCUT2D eigenvalue weighted by molar-refractivity contribution is 0.00530. The van der Waals surface area contributed by atoms with Crippen LogP contribution in [-0.4, -0.2) is 25.8 Å². The largest absolute Gasteiger partial charge is 0.380 e. The van der Waals surface area contributed by atoms with Crippen LogP contribution in [-0.2, 0) is 4.74 Å². The van der Waals surface area contributed by atoms with Crippen molar-refractivity contribution in [2.75, 3.05) is 13.7 Å². The van der Waals surface area contributed by atoms with Crippen molar-refractivity contribution < 1.29 is 4.74 Å². The van der Waals surface area contributed by atoms with E-state index in [2.05, 4.69) is 26.1 Å². The summed E-state index contributed by atoms with van der Waals surface area (Å²) in [5, 5.41) is 3.66. The molecule has 0 bridgehead atoms. The van der Waals surface area contributed by atoms with Gasteiger partial charge in [-0.3, -0.25) is 0 Å². The number of hydrogen-bond donors (Lipinski definition) is 1. The van der Waals surface area contributed by atoms with Crippen LogP contribution in [0.2, 0.25) is 0 Å². The van der Waals surface area contributed by atoms with Crippen molar-refractivity contribution in [2.24, 2.45) is 11.8 Å². The second-order valence-corrected chi connectivity index (χ2v) is 6.23. The number of hydrogen-bond acceptors (Lipinski definition) is 2. The van der Waals surface area contributed by atoms with Gasteiger partial charge in [0.2, 0.25) is 0 Å². The summed E-state index contributed by atoms with van der Waals surface area (Å²) in [5.41, 5.74) is 0. The van der Waals surface area contributed by atoms with Gasteiger partial charge in [0.1, 0.15) is 0 Å². The van der Waals surface area contributed by atoms with Crippen LogP contribution in [0.15, 0.2) is 0 Å². The summed E-state index contributed by atoms with van der Waals surface area (Å²) in [7, 11) is 1.90. The molecule has 108 valence electrons. The molecule has 1 aliphatic rings. The lowest BCUT2D eigenvalue weighted by atomic mass is 9.81. The summed E-state index contributed by atoms with van der Waals surface area (Å²) in [6.07, 6.45) is 9.91. The van der Waals surface area contributed by atoms with E-state index in [4.69, 9.17) is 4.74 Å². The van der Waals surface area contributed by atoms with Gasteiger partial charge in [-0.05, 0) is 44.1 Å². The Hall–Kier alpha value is -0.0800. The fourth-order valence-electron chi connectivity index (χ4n) is 3.31. The average molecular weight is 255 g/mol. The van der Waals surface area contributed by atoms with Crippen molar-refractivity contribution >= 4 is 0 Å². The third-order valence-electron chi connectivity index (χ3n) is 4.30. The summed E-state index contributed by atoms with van der Waals surface area (Å²) in [6, 6.07) is 0.547. The Morgan fingerprint density at radius 1 is 1.11 bits per heavy atom. The number of methoxy groups -OCH3 is 1. The topological polar surface area (TPSA) is 21.3 Å². The van der Waals surface area contributed by atoms with Crippen LogP contribution in [0.25, 0.3) is 0 Å². The molecule has 0 amide bonds. The van der Waals surface area contributed by atoms with Gasteiger partial charge in [0.25, 0.3) is 0 Å². The minimum Gasteiger partial charge on any atom is -0.380 e. The highest BCUT2D eigenvalue weighted by Crippen LogP contribution is 2.30. The molecule has 0 aromatic rings. The molecule has 2 unspecified atom stereocenters. The fourth-order valence-corrected chi connectivity index (χ4v) is 3.31. The zero-order chi connectivity index (χ0) is 13.4.